The van der Waals surface area contributed by atoms with E-state index in [1.807, 2.05) is 55.5 Å². The van der Waals surface area contributed by atoms with Crippen molar-refractivity contribution in [2.75, 3.05) is 12.9 Å². The van der Waals surface area contributed by atoms with Gasteiger partial charge in [0.25, 0.3) is 0 Å². The fourth-order valence-corrected chi connectivity index (χ4v) is 2.94. The van der Waals surface area contributed by atoms with Crippen LogP contribution < -0.4 is 10.1 Å². The Labute approximate surface area is 156 Å². The molecule has 0 bridgehead atoms. The zero-order chi connectivity index (χ0) is 18.4. The number of aryl methyl sites for hydroxylation is 1. The van der Waals surface area contributed by atoms with Crippen LogP contribution in [0.15, 0.2) is 57.9 Å². The highest BCUT2D eigenvalue weighted by atomic mass is 32.2. The third-order valence-corrected chi connectivity index (χ3v) is 4.64. The number of thioether (sulfide) groups is 1. The molecule has 0 spiro atoms. The lowest BCUT2D eigenvalue weighted by Crippen LogP contribution is -2.24. The minimum Gasteiger partial charge on any atom is -0.497 e. The van der Waals surface area contributed by atoms with E-state index in [9.17, 15) is 4.79 Å². The highest BCUT2D eigenvalue weighted by molar-refractivity contribution is 8.00. The average Bonchev–Trinajstić information content (AvgIpc) is 3.15. The van der Waals surface area contributed by atoms with E-state index < -0.39 is 0 Å². The van der Waals surface area contributed by atoms with Crippen LogP contribution in [0.1, 0.15) is 11.5 Å². The van der Waals surface area contributed by atoms with Crippen molar-refractivity contribution < 1.29 is 14.1 Å². The monoisotopic (exact) mass is 369 g/mol. The summed E-state index contributed by atoms with van der Waals surface area (Å²) in [5.41, 5.74) is 1.99. The summed E-state index contributed by atoms with van der Waals surface area (Å²) in [5.74, 6) is 1.78. The van der Waals surface area contributed by atoms with Crippen LogP contribution in [0, 0.1) is 6.92 Å². The van der Waals surface area contributed by atoms with Gasteiger partial charge in [-0.05, 0) is 31.2 Å². The van der Waals surface area contributed by atoms with E-state index in [1.165, 1.54) is 17.3 Å². The molecule has 26 heavy (non-hydrogen) atoms. The summed E-state index contributed by atoms with van der Waals surface area (Å²) in [7, 11) is 1.60. The molecular formula is C19H19N3O3S. The van der Waals surface area contributed by atoms with Gasteiger partial charge in [0.05, 0.1) is 19.4 Å². The predicted molar refractivity (Wildman–Crippen MR) is 100 cm³/mol. The second kappa shape index (κ2) is 8.53. The van der Waals surface area contributed by atoms with Gasteiger partial charge < -0.3 is 14.6 Å². The first kappa shape index (κ1) is 18.0. The third kappa shape index (κ3) is 4.86. The predicted octanol–water partition coefficient (Wildman–Crippen LogP) is 3.46. The first-order valence-corrected chi connectivity index (χ1v) is 9.06. The fourth-order valence-electron chi connectivity index (χ4n) is 2.21. The van der Waals surface area contributed by atoms with E-state index in [0.717, 1.165) is 16.2 Å². The summed E-state index contributed by atoms with van der Waals surface area (Å²) in [6.45, 7) is 2.23. The van der Waals surface area contributed by atoms with E-state index in [1.54, 1.807) is 7.11 Å². The number of aromatic nitrogens is 2. The molecule has 0 aliphatic rings. The van der Waals surface area contributed by atoms with Crippen LogP contribution in [-0.2, 0) is 11.3 Å². The van der Waals surface area contributed by atoms with Gasteiger partial charge in [-0.25, -0.2) is 0 Å². The summed E-state index contributed by atoms with van der Waals surface area (Å²) in [5, 5.41) is 6.73. The number of carbonyl (C=O) groups is 1. The van der Waals surface area contributed by atoms with Gasteiger partial charge in [0, 0.05) is 10.5 Å². The second-order valence-corrected chi connectivity index (χ2v) is 6.67. The van der Waals surface area contributed by atoms with E-state index in [2.05, 4.69) is 15.5 Å². The molecule has 1 amide bonds. The number of hydrogen-bond acceptors (Lipinski definition) is 6. The van der Waals surface area contributed by atoms with Gasteiger partial charge in [0.2, 0.25) is 17.6 Å². The van der Waals surface area contributed by atoms with E-state index >= 15 is 0 Å². The van der Waals surface area contributed by atoms with Crippen LogP contribution in [0.4, 0.5) is 0 Å². The molecule has 0 aliphatic carbocycles. The molecule has 134 valence electrons. The number of hydrogen-bond donors (Lipinski definition) is 1. The molecule has 0 unspecified atom stereocenters. The van der Waals surface area contributed by atoms with Crippen LogP contribution >= 0.6 is 11.8 Å². The Morgan fingerprint density at radius 1 is 1.23 bits per heavy atom. The Morgan fingerprint density at radius 3 is 2.81 bits per heavy atom. The van der Waals surface area contributed by atoms with Gasteiger partial charge in [-0.3, -0.25) is 4.79 Å². The molecule has 0 atom stereocenters. The highest BCUT2D eigenvalue weighted by Crippen LogP contribution is 2.21. The Balaban J connectivity index is 1.51. The van der Waals surface area contributed by atoms with Crippen LogP contribution in [0.25, 0.3) is 11.4 Å². The van der Waals surface area contributed by atoms with Crippen molar-refractivity contribution in [2.45, 2.75) is 18.4 Å². The molecule has 7 heteroatoms. The minimum absolute atomic E-state index is 0.0864. The van der Waals surface area contributed by atoms with Crippen LogP contribution in [0.2, 0.25) is 0 Å². The van der Waals surface area contributed by atoms with Crippen molar-refractivity contribution in [3.8, 4) is 17.1 Å². The highest BCUT2D eigenvalue weighted by Gasteiger charge is 2.11. The van der Waals surface area contributed by atoms with Gasteiger partial charge in [0.1, 0.15) is 5.75 Å². The molecule has 3 rings (SSSR count). The number of ether oxygens (including phenoxy) is 1. The SMILES string of the molecule is COc1cccc(-c2noc(CNC(=O)CSc3ccc(C)cc3)n2)c1. The number of carbonyl (C=O) groups excluding carboxylic acids is 1. The van der Waals surface area contributed by atoms with E-state index in [4.69, 9.17) is 9.26 Å². The van der Waals surface area contributed by atoms with Crippen molar-refractivity contribution in [3.63, 3.8) is 0 Å². The van der Waals surface area contributed by atoms with Gasteiger partial charge in [-0.1, -0.05) is 35.0 Å². The van der Waals surface area contributed by atoms with E-state index in [-0.39, 0.29) is 12.5 Å². The number of methoxy groups -OCH3 is 1. The zero-order valence-corrected chi connectivity index (χ0v) is 15.4. The summed E-state index contributed by atoms with van der Waals surface area (Å²) in [6, 6.07) is 15.5. The number of benzene rings is 2. The molecular weight excluding hydrogens is 350 g/mol. The standard InChI is InChI=1S/C19H19N3O3S/c1-13-6-8-16(9-7-13)26-12-17(23)20-11-18-21-19(22-25-18)14-4-3-5-15(10-14)24-2/h3-10H,11-12H2,1-2H3,(H,20,23). The lowest BCUT2D eigenvalue weighted by atomic mass is 10.2. The molecule has 0 fully saturated rings. The topological polar surface area (TPSA) is 77.3 Å². The molecule has 0 aliphatic heterocycles. The quantitative estimate of drug-likeness (QED) is 0.643. The Kier molecular flexibility index (Phi) is 5.91. The summed E-state index contributed by atoms with van der Waals surface area (Å²) >= 11 is 1.49. The average molecular weight is 369 g/mol. The maximum atomic E-state index is 12.0. The fraction of sp³-hybridized carbons (Fsp3) is 0.211. The molecule has 1 N–H and O–H groups in total. The first-order chi connectivity index (χ1) is 12.6. The Morgan fingerprint density at radius 2 is 2.04 bits per heavy atom. The van der Waals surface area contributed by atoms with Crippen molar-refractivity contribution in [1.29, 1.82) is 0 Å². The maximum absolute atomic E-state index is 12.0. The van der Waals surface area contributed by atoms with Crippen molar-refractivity contribution >= 4 is 17.7 Å². The number of amides is 1. The van der Waals surface area contributed by atoms with Gasteiger partial charge in [-0.2, -0.15) is 4.98 Å². The van der Waals surface area contributed by atoms with Gasteiger partial charge >= 0.3 is 0 Å². The molecule has 2 aromatic carbocycles. The molecule has 1 heterocycles. The van der Waals surface area contributed by atoms with E-state index in [0.29, 0.717) is 17.5 Å². The Bertz CT molecular complexity index is 878. The second-order valence-electron chi connectivity index (χ2n) is 5.62. The normalized spacial score (nSPS) is 10.5. The summed E-state index contributed by atoms with van der Waals surface area (Å²) in [6.07, 6.45) is 0. The van der Waals surface area contributed by atoms with Crippen molar-refractivity contribution in [3.05, 3.63) is 60.0 Å². The molecule has 0 saturated carbocycles. The van der Waals surface area contributed by atoms with Gasteiger partial charge in [-0.15, -0.1) is 11.8 Å². The molecule has 6 nitrogen and oxygen atoms in total. The third-order valence-electron chi connectivity index (χ3n) is 3.62. The number of nitrogens with zero attached hydrogens (tertiary/aromatic N) is 2. The van der Waals surface area contributed by atoms with Crippen LogP contribution in [0.3, 0.4) is 0 Å². The summed E-state index contributed by atoms with van der Waals surface area (Å²) < 4.78 is 10.4. The van der Waals surface area contributed by atoms with Crippen LogP contribution in [0.5, 0.6) is 5.75 Å². The lowest BCUT2D eigenvalue weighted by Gasteiger charge is -2.03. The smallest absolute Gasteiger partial charge is 0.246 e. The van der Waals surface area contributed by atoms with Gasteiger partial charge in [0.15, 0.2) is 0 Å². The maximum Gasteiger partial charge on any atom is 0.246 e. The largest absolute Gasteiger partial charge is 0.497 e. The van der Waals surface area contributed by atoms with Crippen LogP contribution in [-0.4, -0.2) is 28.9 Å². The minimum atomic E-state index is -0.0864. The molecule has 3 aromatic rings. The zero-order valence-electron chi connectivity index (χ0n) is 14.6. The molecule has 0 radical (unpaired) electrons. The van der Waals surface area contributed by atoms with Crippen molar-refractivity contribution in [2.24, 2.45) is 0 Å². The lowest BCUT2D eigenvalue weighted by molar-refractivity contribution is -0.118. The summed E-state index contributed by atoms with van der Waals surface area (Å²) in [4.78, 5) is 17.3. The Hall–Kier alpha value is -2.80. The number of rotatable bonds is 7. The number of nitrogens with one attached hydrogen (secondary N) is 1. The molecule has 1 aromatic heterocycles. The van der Waals surface area contributed by atoms with Crippen molar-refractivity contribution in [1.82, 2.24) is 15.5 Å². The first-order valence-electron chi connectivity index (χ1n) is 8.07. The molecule has 0 saturated heterocycles.